The summed E-state index contributed by atoms with van der Waals surface area (Å²) in [6.45, 7) is 1.36. The second-order valence-corrected chi connectivity index (χ2v) is 13.4. The Bertz CT molecular complexity index is 1450. The molecule has 14 heteroatoms. The molecule has 1 saturated heterocycles. The first kappa shape index (κ1) is 29.3. The molecule has 1 aliphatic heterocycles. The molecular weight excluding hydrogens is 676 g/mol. The Morgan fingerprint density at radius 1 is 0.846 bits per heavy atom. The molecule has 0 aromatic heterocycles. The van der Waals surface area contributed by atoms with Gasteiger partial charge in [0.1, 0.15) is 15.8 Å². The number of hydrogen-bond acceptors (Lipinski definition) is 4. The Kier molecular flexibility index (Phi) is 7.26. The molecule has 2 fully saturated rings. The molecule has 39 heavy (non-hydrogen) atoms. The Labute approximate surface area is 262 Å². The molecule has 0 N–H and O–H groups in total. The van der Waals surface area contributed by atoms with Crippen LogP contribution in [-0.2, 0) is 9.59 Å². The molecular formula is C25H14Cl8N2O4. The first-order valence-corrected chi connectivity index (χ1v) is 14.2. The number of nitrogens with zero attached hydrogens (tertiary/aromatic N) is 2. The molecule has 2 aromatic rings. The van der Waals surface area contributed by atoms with Gasteiger partial charge in [-0.25, -0.2) is 5.01 Å². The summed E-state index contributed by atoms with van der Waals surface area (Å²) in [6, 6.07) is 10.6. The van der Waals surface area contributed by atoms with Gasteiger partial charge < -0.3 is 0 Å². The van der Waals surface area contributed by atoms with E-state index in [0.717, 1.165) is 5.01 Å². The van der Waals surface area contributed by atoms with Crippen molar-refractivity contribution in [2.24, 2.45) is 11.8 Å². The van der Waals surface area contributed by atoms with Crippen molar-refractivity contribution in [2.45, 2.75) is 27.0 Å². The fourth-order valence-electron chi connectivity index (χ4n) is 5.37. The van der Waals surface area contributed by atoms with E-state index < -0.39 is 55.5 Å². The summed E-state index contributed by atoms with van der Waals surface area (Å²) in [5.41, 5.74) is 0.0917. The van der Waals surface area contributed by atoms with E-state index in [1.165, 1.54) is 37.3 Å². The van der Waals surface area contributed by atoms with Gasteiger partial charge >= 0.3 is 0 Å². The van der Waals surface area contributed by atoms with Crippen LogP contribution in [0.2, 0.25) is 10.0 Å². The van der Waals surface area contributed by atoms with Gasteiger partial charge in [0.05, 0.1) is 32.5 Å². The van der Waals surface area contributed by atoms with Crippen molar-refractivity contribution in [1.82, 2.24) is 10.0 Å². The van der Waals surface area contributed by atoms with E-state index in [2.05, 4.69) is 0 Å². The molecule has 0 unspecified atom stereocenters. The molecule has 204 valence electrons. The maximum atomic E-state index is 14.0. The van der Waals surface area contributed by atoms with Gasteiger partial charge in [-0.15, -0.1) is 23.2 Å². The molecule has 2 aromatic carbocycles. The van der Waals surface area contributed by atoms with Gasteiger partial charge in [0.15, 0.2) is 10.1 Å². The highest BCUT2D eigenvalue weighted by atomic mass is 35.5. The molecule has 2 bridgehead atoms. The van der Waals surface area contributed by atoms with Crippen LogP contribution in [0.3, 0.4) is 0 Å². The molecule has 5 rings (SSSR count). The number of carbonyl (C=O) groups is 4. The fraction of sp³-hybridized carbons (Fsp3) is 0.280. The van der Waals surface area contributed by atoms with Crippen LogP contribution in [0.25, 0.3) is 0 Å². The summed E-state index contributed by atoms with van der Waals surface area (Å²) in [6.07, 6.45) is 0. The summed E-state index contributed by atoms with van der Waals surface area (Å²) in [5.74, 6) is -6.53. The zero-order valence-corrected chi connectivity index (χ0v) is 25.4. The Hall–Kier alpha value is -1.22. The SMILES string of the molecule is C[C@H](C(=O)c1ccccc1)N(C(=O)c1ccc(Cl)cc1Cl)N1C(=O)[C@H]2[C@H](C1=O)[C@@]1(Cl)C(Cl)=C(Cl)[C@@]2(Cl)C1(Cl)Cl. The van der Waals surface area contributed by atoms with Gasteiger partial charge in [0, 0.05) is 10.6 Å². The molecule has 1 saturated carbocycles. The quantitative estimate of drug-likeness (QED) is 0.191. The van der Waals surface area contributed by atoms with E-state index in [9.17, 15) is 19.2 Å². The summed E-state index contributed by atoms with van der Waals surface area (Å²) in [4.78, 5) is 51.3. The number of rotatable bonds is 5. The summed E-state index contributed by atoms with van der Waals surface area (Å²) >= 11 is 51.8. The first-order chi connectivity index (χ1) is 18.1. The Morgan fingerprint density at radius 2 is 1.36 bits per heavy atom. The number of Topliss-reactive ketones (excluding diaryl/α,β-unsaturated/α-hetero) is 1. The van der Waals surface area contributed by atoms with Crippen molar-refractivity contribution < 1.29 is 19.2 Å². The third-order valence-corrected chi connectivity index (χ3v) is 12.1. The van der Waals surface area contributed by atoms with E-state index >= 15 is 0 Å². The van der Waals surface area contributed by atoms with Crippen molar-refractivity contribution in [3.8, 4) is 0 Å². The molecule has 1 heterocycles. The van der Waals surface area contributed by atoms with Crippen molar-refractivity contribution in [1.29, 1.82) is 0 Å². The molecule has 3 aliphatic rings. The highest BCUT2D eigenvalue weighted by Crippen LogP contribution is 2.77. The highest BCUT2D eigenvalue weighted by molar-refractivity contribution is 6.66. The third-order valence-electron chi connectivity index (χ3n) is 7.28. The topological polar surface area (TPSA) is 74.8 Å². The van der Waals surface area contributed by atoms with Crippen molar-refractivity contribution in [2.75, 3.05) is 0 Å². The minimum Gasteiger partial charge on any atom is -0.292 e. The zero-order valence-electron chi connectivity index (χ0n) is 19.4. The average Bonchev–Trinajstić information content (AvgIpc) is 3.27. The molecule has 3 amide bonds. The minimum absolute atomic E-state index is 0.0767. The van der Waals surface area contributed by atoms with Crippen molar-refractivity contribution >= 4 is 116 Å². The largest absolute Gasteiger partial charge is 0.292 e. The number of allylic oxidation sites excluding steroid dienone is 2. The Morgan fingerprint density at radius 3 is 1.85 bits per heavy atom. The number of amides is 3. The number of halogens is 8. The standard InChI is InChI=1S/C25H14Cl8N2O4/c1-10(17(36)11-5-3-2-4-6-11)34(20(37)13-8-7-12(26)9-14(13)27)35-21(38)15-16(22(35)39)24(31)19(29)18(28)23(15,30)25(24,32)33/h2-10,15-16H,1H3/t10-,15-,16-,23-,24-/m1/s1. The lowest BCUT2D eigenvalue weighted by Crippen LogP contribution is -2.59. The van der Waals surface area contributed by atoms with E-state index in [4.69, 9.17) is 92.8 Å². The van der Waals surface area contributed by atoms with Gasteiger partial charge in [0.25, 0.3) is 17.7 Å². The number of fused-ring (bicyclic) bond motifs is 5. The van der Waals surface area contributed by atoms with Crippen LogP contribution in [0, 0.1) is 11.8 Å². The van der Waals surface area contributed by atoms with Crippen LogP contribution in [0.1, 0.15) is 27.6 Å². The van der Waals surface area contributed by atoms with Gasteiger partial charge in [-0.2, -0.15) is 5.01 Å². The molecule has 0 radical (unpaired) electrons. The lowest BCUT2D eigenvalue weighted by molar-refractivity contribution is -0.157. The van der Waals surface area contributed by atoms with Crippen LogP contribution in [-0.4, -0.2) is 53.6 Å². The van der Waals surface area contributed by atoms with Crippen LogP contribution < -0.4 is 0 Å². The number of ketones is 1. The highest BCUT2D eigenvalue weighted by Gasteiger charge is 2.88. The van der Waals surface area contributed by atoms with Crippen molar-refractivity contribution in [3.05, 3.63) is 79.8 Å². The smallest absolute Gasteiger partial charge is 0.275 e. The number of imide groups is 1. The number of alkyl halides is 4. The number of benzene rings is 2. The van der Waals surface area contributed by atoms with Gasteiger partial charge in [-0.3, -0.25) is 19.2 Å². The summed E-state index contributed by atoms with van der Waals surface area (Å²) < 4.78 is -2.16. The number of hydrogen-bond donors (Lipinski definition) is 0. The third kappa shape index (κ3) is 3.69. The summed E-state index contributed by atoms with van der Waals surface area (Å²) in [7, 11) is 0. The van der Waals surface area contributed by atoms with Crippen LogP contribution in [0.5, 0.6) is 0 Å². The first-order valence-electron chi connectivity index (χ1n) is 11.2. The normalized spacial score (nSPS) is 29.6. The number of carbonyl (C=O) groups excluding carboxylic acids is 4. The fourth-order valence-corrected chi connectivity index (χ4v) is 8.79. The van der Waals surface area contributed by atoms with Gasteiger partial charge in [0.2, 0.25) is 0 Å². The zero-order chi connectivity index (χ0) is 28.8. The van der Waals surface area contributed by atoms with Crippen molar-refractivity contribution in [3.63, 3.8) is 0 Å². The number of hydrazine groups is 1. The molecule has 5 atom stereocenters. The van der Waals surface area contributed by atoms with Gasteiger partial charge in [-0.1, -0.05) is 99.9 Å². The lowest BCUT2D eigenvalue weighted by atomic mass is 9.84. The second-order valence-electron chi connectivity index (χ2n) is 9.25. The molecule has 0 spiro atoms. The predicted molar refractivity (Wildman–Crippen MR) is 152 cm³/mol. The van der Waals surface area contributed by atoms with E-state index in [-0.39, 0.29) is 31.2 Å². The predicted octanol–water partition coefficient (Wildman–Crippen LogP) is 7.07. The Balaban J connectivity index is 1.66. The van der Waals surface area contributed by atoms with Crippen LogP contribution in [0.15, 0.2) is 58.6 Å². The maximum Gasteiger partial charge on any atom is 0.275 e. The maximum absolute atomic E-state index is 14.0. The second kappa shape index (κ2) is 9.67. The van der Waals surface area contributed by atoms with Gasteiger partial charge in [-0.05, 0) is 25.1 Å². The lowest BCUT2D eigenvalue weighted by Gasteiger charge is -2.38. The van der Waals surface area contributed by atoms with Crippen LogP contribution >= 0.6 is 92.8 Å². The van der Waals surface area contributed by atoms with E-state index in [1.54, 1.807) is 18.2 Å². The minimum atomic E-state index is -2.16. The molecule has 2 aliphatic carbocycles. The van der Waals surface area contributed by atoms with E-state index in [1.807, 2.05) is 0 Å². The van der Waals surface area contributed by atoms with E-state index in [0.29, 0.717) is 5.01 Å². The summed E-state index contributed by atoms with van der Waals surface area (Å²) in [5, 5.41) is 0.834. The average molecular weight is 690 g/mol. The van der Waals surface area contributed by atoms with Crippen LogP contribution in [0.4, 0.5) is 0 Å². The monoisotopic (exact) mass is 686 g/mol. The molecule has 6 nitrogen and oxygen atoms in total.